The monoisotopic (exact) mass is 549 g/mol. The summed E-state index contributed by atoms with van der Waals surface area (Å²) < 4.78 is 17.6. The third kappa shape index (κ3) is 5.87. The lowest BCUT2D eigenvalue weighted by Gasteiger charge is -2.25. The van der Waals surface area contributed by atoms with E-state index in [2.05, 4.69) is 25.8 Å². The molecule has 0 spiro atoms. The van der Waals surface area contributed by atoms with Crippen molar-refractivity contribution in [1.29, 1.82) is 0 Å². The van der Waals surface area contributed by atoms with E-state index in [-0.39, 0.29) is 40.0 Å². The summed E-state index contributed by atoms with van der Waals surface area (Å²) in [6.45, 7) is 8.84. The number of ether oxygens (including phenoxy) is 2. The largest absolute Gasteiger partial charge is 0.493 e. The Morgan fingerprint density at radius 2 is 1.90 bits per heavy atom. The number of pyridine rings is 3. The highest BCUT2D eigenvalue weighted by Gasteiger charge is 2.27. The number of carbonyl (C=O) groups is 2. The summed E-state index contributed by atoms with van der Waals surface area (Å²) in [4.78, 5) is 49.2. The number of carbonyl (C=O) groups excluding carboxylic acids is 2. The quantitative estimate of drug-likeness (QED) is 0.345. The molecule has 13 nitrogen and oxygen atoms in total. The van der Waals surface area contributed by atoms with Crippen LogP contribution in [0, 0.1) is 0 Å². The van der Waals surface area contributed by atoms with Gasteiger partial charge in [-0.25, -0.2) is 14.8 Å². The number of aromatic nitrogens is 4. The summed E-state index contributed by atoms with van der Waals surface area (Å²) in [6.07, 6.45) is 2.45. The summed E-state index contributed by atoms with van der Waals surface area (Å²) in [5.41, 5.74) is -0.541. The molecule has 0 bridgehead atoms. The molecule has 0 saturated heterocycles. The summed E-state index contributed by atoms with van der Waals surface area (Å²) in [7, 11) is 2.99. The predicted molar refractivity (Wildman–Crippen MR) is 149 cm³/mol. The van der Waals surface area contributed by atoms with E-state index < -0.39 is 23.2 Å². The lowest BCUT2D eigenvalue weighted by molar-refractivity contribution is 0.0589. The van der Waals surface area contributed by atoms with Crippen LogP contribution in [0.1, 0.15) is 45.2 Å². The van der Waals surface area contributed by atoms with Crippen molar-refractivity contribution in [2.24, 2.45) is 0 Å². The first-order chi connectivity index (χ1) is 18.9. The third-order valence-corrected chi connectivity index (χ3v) is 5.48. The zero-order valence-electron chi connectivity index (χ0n) is 23.3. The van der Waals surface area contributed by atoms with Gasteiger partial charge in [-0.15, -0.1) is 0 Å². The molecule has 0 atom stereocenters. The second-order valence-corrected chi connectivity index (χ2v) is 10.2. The molecule has 0 fully saturated rings. The van der Waals surface area contributed by atoms with Gasteiger partial charge in [-0.2, -0.15) is 0 Å². The Morgan fingerprint density at radius 1 is 1.15 bits per heavy atom. The maximum Gasteiger partial charge on any atom is 0.414 e. The molecule has 0 aliphatic heterocycles. The highest BCUT2D eigenvalue weighted by molar-refractivity contribution is 6.07. The Balaban J connectivity index is 1.83. The molecule has 4 heterocycles. The van der Waals surface area contributed by atoms with Crippen LogP contribution in [-0.2, 0) is 4.74 Å². The topological polar surface area (TPSA) is 154 Å². The van der Waals surface area contributed by atoms with Gasteiger partial charge in [0.25, 0.3) is 11.5 Å². The highest BCUT2D eigenvalue weighted by atomic mass is 16.6. The molecule has 0 aliphatic rings. The minimum atomic E-state index is -0.758. The first-order valence-electron chi connectivity index (χ1n) is 12.5. The Labute approximate surface area is 230 Å². The smallest absolute Gasteiger partial charge is 0.414 e. The van der Waals surface area contributed by atoms with Crippen LogP contribution in [0.25, 0.3) is 16.9 Å². The Bertz CT molecular complexity index is 1620. The van der Waals surface area contributed by atoms with Gasteiger partial charge in [-0.05, 0) is 58.9 Å². The molecule has 2 amide bonds. The molecule has 4 aromatic rings. The summed E-state index contributed by atoms with van der Waals surface area (Å²) >= 11 is 0. The van der Waals surface area contributed by atoms with Gasteiger partial charge < -0.3 is 24.6 Å². The number of nitrogens with one attached hydrogen (secondary N) is 2. The zero-order chi connectivity index (χ0) is 29.2. The van der Waals surface area contributed by atoms with Gasteiger partial charge in [0.1, 0.15) is 22.6 Å². The fourth-order valence-corrected chi connectivity index (χ4v) is 3.75. The summed E-state index contributed by atoms with van der Waals surface area (Å²) in [5, 5.41) is 9.76. The standard InChI is InChI=1S/C27H31N7O6/c1-15(2)29-24(35)22-21-20(32-40-22)17(33(6)26(37)39-27(3,4)5)14-19(31-21)30-16-10-9-13-34(25(16)36)23-18(38-7)11-8-12-28-23/h8-15H,1-7H3,(H,29,35)(H,30,31). The molecule has 0 unspecified atom stereocenters. The van der Waals surface area contributed by atoms with Crippen molar-refractivity contribution in [3.63, 3.8) is 0 Å². The van der Waals surface area contributed by atoms with Crippen molar-refractivity contribution >= 4 is 40.2 Å². The molecular formula is C27H31N7O6. The number of hydrogen-bond donors (Lipinski definition) is 2. The number of anilines is 3. The molecule has 2 N–H and O–H groups in total. The van der Waals surface area contributed by atoms with Crippen LogP contribution in [0.3, 0.4) is 0 Å². The van der Waals surface area contributed by atoms with Gasteiger partial charge in [-0.3, -0.25) is 19.1 Å². The molecule has 0 aliphatic carbocycles. The number of methoxy groups -OCH3 is 1. The van der Waals surface area contributed by atoms with Crippen molar-refractivity contribution in [3.05, 3.63) is 58.8 Å². The van der Waals surface area contributed by atoms with E-state index >= 15 is 0 Å². The number of rotatable bonds is 7. The normalized spacial score (nSPS) is 11.4. The second kappa shape index (κ2) is 11.0. The van der Waals surface area contributed by atoms with Gasteiger partial charge in [0.15, 0.2) is 17.1 Å². The molecule has 0 radical (unpaired) electrons. The van der Waals surface area contributed by atoms with Crippen LogP contribution >= 0.6 is 0 Å². The maximum atomic E-state index is 13.4. The average molecular weight is 550 g/mol. The van der Waals surface area contributed by atoms with Crippen molar-refractivity contribution in [1.82, 2.24) is 25.0 Å². The zero-order valence-corrected chi connectivity index (χ0v) is 23.3. The van der Waals surface area contributed by atoms with E-state index in [1.165, 1.54) is 29.7 Å². The lowest BCUT2D eigenvalue weighted by Crippen LogP contribution is -2.34. The van der Waals surface area contributed by atoms with Crippen molar-refractivity contribution in [2.75, 3.05) is 24.4 Å². The van der Waals surface area contributed by atoms with Crippen LogP contribution in [0.5, 0.6) is 5.75 Å². The van der Waals surface area contributed by atoms with Crippen LogP contribution in [0.2, 0.25) is 0 Å². The first kappa shape index (κ1) is 28.1. The van der Waals surface area contributed by atoms with Gasteiger partial charge in [0.2, 0.25) is 5.76 Å². The lowest BCUT2D eigenvalue weighted by atomic mass is 10.2. The number of nitrogens with zero attached hydrogens (tertiary/aromatic N) is 5. The van der Waals surface area contributed by atoms with Crippen LogP contribution in [0.4, 0.5) is 22.0 Å². The average Bonchev–Trinajstić information content (AvgIpc) is 3.32. The summed E-state index contributed by atoms with van der Waals surface area (Å²) in [6, 6.07) is 7.95. The van der Waals surface area contributed by atoms with Crippen molar-refractivity contribution < 1.29 is 23.6 Å². The van der Waals surface area contributed by atoms with Crippen LogP contribution in [0.15, 0.2) is 52.0 Å². The predicted octanol–water partition coefficient (Wildman–Crippen LogP) is 4.03. The van der Waals surface area contributed by atoms with E-state index in [1.807, 2.05) is 0 Å². The Kier molecular flexibility index (Phi) is 7.75. The molecule has 0 aromatic carbocycles. The fourth-order valence-electron chi connectivity index (χ4n) is 3.75. The van der Waals surface area contributed by atoms with Crippen molar-refractivity contribution in [3.8, 4) is 11.6 Å². The maximum absolute atomic E-state index is 13.4. The van der Waals surface area contributed by atoms with Crippen molar-refractivity contribution in [2.45, 2.75) is 46.3 Å². The Morgan fingerprint density at radius 3 is 2.58 bits per heavy atom. The number of hydrogen-bond acceptors (Lipinski definition) is 10. The SMILES string of the molecule is COc1cccnc1-n1cccc(Nc2cc(N(C)C(=O)OC(C)(C)C)c3noc(C(=O)NC(C)C)c3n2)c1=O. The Hall–Kier alpha value is -4.94. The molecule has 40 heavy (non-hydrogen) atoms. The van der Waals surface area contributed by atoms with E-state index in [1.54, 1.807) is 71.3 Å². The molecule has 0 saturated carbocycles. The molecule has 4 aromatic heterocycles. The first-order valence-corrected chi connectivity index (χ1v) is 12.5. The molecule has 13 heteroatoms. The molecule has 4 rings (SSSR count). The van der Waals surface area contributed by atoms with Crippen LogP contribution < -0.4 is 25.8 Å². The molecule has 210 valence electrons. The van der Waals surface area contributed by atoms with E-state index in [9.17, 15) is 14.4 Å². The summed E-state index contributed by atoms with van der Waals surface area (Å²) in [5.74, 6) is 0.196. The van der Waals surface area contributed by atoms with Gasteiger partial charge >= 0.3 is 6.09 Å². The van der Waals surface area contributed by atoms with Gasteiger partial charge in [0, 0.05) is 31.5 Å². The second-order valence-electron chi connectivity index (χ2n) is 10.2. The molecular weight excluding hydrogens is 518 g/mol. The number of amides is 2. The fraction of sp³-hybridized carbons (Fsp3) is 0.333. The minimum Gasteiger partial charge on any atom is -0.493 e. The third-order valence-electron chi connectivity index (χ3n) is 5.48. The van der Waals surface area contributed by atoms with E-state index in [4.69, 9.17) is 14.0 Å². The minimum absolute atomic E-state index is 0.0937. The number of fused-ring (bicyclic) bond motifs is 1. The highest BCUT2D eigenvalue weighted by Crippen LogP contribution is 2.31. The van der Waals surface area contributed by atoms with Gasteiger partial charge in [0.05, 0.1) is 12.8 Å². The van der Waals surface area contributed by atoms with Gasteiger partial charge in [-0.1, -0.05) is 5.16 Å². The van der Waals surface area contributed by atoms with Crippen LogP contribution in [-0.4, -0.2) is 57.5 Å². The van der Waals surface area contributed by atoms with E-state index in [0.717, 1.165) is 0 Å². The van der Waals surface area contributed by atoms with E-state index in [0.29, 0.717) is 11.6 Å².